The van der Waals surface area contributed by atoms with E-state index < -0.39 is 11.9 Å². The van der Waals surface area contributed by atoms with Gasteiger partial charge in [0, 0.05) is 6.42 Å². The first-order valence-corrected chi connectivity index (χ1v) is 5.79. The second-order valence-corrected chi connectivity index (χ2v) is 4.27. The highest BCUT2D eigenvalue weighted by Gasteiger charge is 2.11. The molecule has 0 saturated heterocycles. The fourth-order valence-electron chi connectivity index (χ4n) is 1.34. The molecule has 0 aliphatic rings. The predicted octanol–water partition coefficient (Wildman–Crippen LogP) is 0.801. The zero-order valence-corrected chi connectivity index (χ0v) is 10.6. The maximum atomic E-state index is 11.3. The first-order valence-electron chi connectivity index (χ1n) is 5.79. The molecule has 0 radical (unpaired) electrons. The van der Waals surface area contributed by atoms with E-state index in [1.165, 1.54) is 0 Å². The Morgan fingerprint density at radius 2 is 1.65 bits per heavy atom. The van der Waals surface area contributed by atoms with Crippen LogP contribution in [0.25, 0.3) is 0 Å². The van der Waals surface area contributed by atoms with Crippen molar-refractivity contribution in [2.24, 2.45) is 0 Å². The van der Waals surface area contributed by atoms with E-state index in [-0.39, 0.29) is 19.4 Å². The van der Waals surface area contributed by atoms with E-state index in [0.29, 0.717) is 5.06 Å². The normalized spacial score (nSPS) is 10.6. The number of hydrogen-bond acceptors (Lipinski definition) is 4. The molecule has 0 rings (SSSR count). The Morgan fingerprint density at radius 1 is 1.00 bits per heavy atom. The van der Waals surface area contributed by atoms with Gasteiger partial charge in [0.25, 0.3) is 0 Å². The van der Waals surface area contributed by atoms with E-state index in [1.807, 2.05) is 14.1 Å². The quantitative estimate of drug-likeness (QED) is 0.357. The Kier molecular flexibility index (Phi) is 8.35. The summed E-state index contributed by atoms with van der Waals surface area (Å²) in [5.41, 5.74) is 0. The van der Waals surface area contributed by atoms with Crippen molar-refractivity contribution in [2.45, 2.75) is 32.1 Å². The average Bonchev–Trinajstić information content (AvgIpc) is 2.24. The largest absolute Gasteiger partial charge is 0.481 e. The summed E-state index contributed by atoms with van der Waals surface area (Å²) in [6, 6.07) is 0. The van der Waals surface area contributed by atoms with E-state index in [9.17, 15) is 14.8 Å². The molecule has 2 N–H and O–H groups in total. The number of carboxylic acids is 1. The molecule has 100 valence electrons. The molecule has 0 aromatic carbocycles. The third kappa shape index (κ3) is 9.77. The number of amides is 1. The van der Waals surface area contributed by atoms with Crippen LogP contribution in [0.5, 0.6) is 0 Å². The van der Waals surface area contributed by atoms with Crippen LogP contribution in [0.2, 0.25) is 0 Å². The van der Waals surface area contributed by atoms with Gasteiger partial charge in [-0.2, -0.15) is 0 Å². The van der Waals surface area contributed by atoms with Crippen molar-refractivity contribution in [3.63, 3.8) is 0 Å². The highest BCUT2D eigenvalue weighted by molar-refractivity contribution is 5.75. The molecule has 0 heterocycles. The minimum Gasteiger partial charge on any atom is -0.481 e. The lowest BCUT2D eigenvalue weighted by molar-refractivity contribution is -0.167. The number of hydroxylamine groups is 2. The smallest absolute Gasteiger partial charge is 0.305 e. The number of aliphatic carboxylic acids is 1. The lowest BCUT2D eigenvalue weighted by Crippen LogP contribution is -2.29. The molecule has 6 heteroatoms. The van der Waals surface area contributed by atoms with Crippen molar-refractivity contribution in [3.05, 3.63) is 0 Å². The highest BCUT2D eigenvalue weighted by atomic mass is 16.5. The number of nitrogens with zero attached hydrogens (tertiary/aromatic N) is 2. The number of unbranched alkanes of at least 4 members (excludes halogenated alkanes) is 2. The molecule has 6 nitrogen and oxygen atoms in total. The Balaban J connectivity index is 3.53. The molecule has 0 aliphatic heterocycles. The van der Waals surface area contributed by atoms with Gasteiger partial charge in [0.15, 0.2) is 0 Å². The van der Waals surface area contributed by atoms with Crippen molar-refractivity contribution in [1.82, 2.24) is 9.96 Å². The molecule has 17 heavy (non-hydrogen) atoms. The molecular weight excluding hydrogens is 224 g/mol. The van der Waals surface area contributed by atoms with Gasteiger partial charge in [-0.3, -0.25) is 14.8 Å². The molecule has 0 bridgehead atoms. The van der Waals surface area contributed by atoms with Crippen LogP contribution in [0.15, 0.2) is 0 Å². The van der Waals surface area contributed by atoms with Crippen molar-refractivity contribution < 1.29 is 19.9 Å². The molecule has 0 aromatic heterocycles. The molecule has 0 atom stereocenters. The Morgan fingerprint density at radius 3 is 2.18 bits per heavy atom. The molecule has 0 aromatic rings. The minimum absolute atomic E-state index is 0.147. The number of rotatable bonds is 9. The summed E-state index contributed by atoms with van der Waals surface area (Å²) in [4.78, 5) is 23.6. The van der Waals surface area contributed by atoms with E-state index in [1.54, 1.807) is 0 Å². The summed E-state index contributed by atoms with van der Waals surface area (Å²) in [5.74, 6) is -1.43. The topological polar surface area (TPSA) is 81.1 Å². The molecule has 0 saturated carbocycles. The van der Waals surface area contributed by atoms with E-state index >= 15 is 0 Å². The summed E-state index contributed by atoms with van der Waals surface area (Å²) in [6.07, 6.45) is 2.70. The third-order valence-corrected chi connectivity index (χ3v) is 2.32. The lowest BCUT2D eigenvalue weighted by Gasteiger charge is -2.13. The second-order valence-electron chi connectivity index (χ2n) is 4.27. The first-order chi connectivity index (χ1) is 7.93. The van der Waals surface area contributed by atoms with E-state index in [0.717, 1.165) is 25.8 Å². The lowest BCUT2D eigenvalue weighted by atomic mass is 10.2. The maximum absolute atomic E-state index is 11.3. The summed E-state index contributed by atoms with van der Waals surface area (Å²) < 4.78 is 0. The number of hydrogen-bond donors (Lipinski definition) is 2. The minimum atomic E-state index is -1.03. The third-order valence-electron chi connectivity index (χ3n) is 2.32. The van der Waals surface area contributed by atoms with E-state index in [4.69, 9.17) is 5.11 Å². The maximum Gasteiger partial charge on any atom is 0.305 e. The van der Waals surface area contributed by atoms with Crippen LogP contribution in [0.1, 0.15) is 32.1 Å². The van der Waals surface area contributed by atoms with Gasteiger partial charge in [-0.1, -0.05) is 6.42 Å². The van der Waals surface area contributed by atoms with Crippen LogP contribution < -0.4 is 0 Å². The monoisotopic (exact) mass is 246 g/mol. The Labute approximate surface area is 102 Å². The van der Waals surface area contributed by atoms with Gasteiger partial charge in [0.1, 0.15) is 0 Å². The van der Waals surface area contributed by atoms with Crippen LogP contribution in [0, 0.1) is 0 Å². The molecule has 0 fully saturated rings. The van der Waals surface area contributed by atoms with Crippen molar-refractivity contribution in [1.29, 1.82) is 0 Å². The summed E-state index contributed by atoms with van der Waals surface area (Å²) >= 11 is 0. The SMILES string of the molecule is CN(C)CCCCCC(=O)N(O)CCC(=O)O. The standard InChI is InChI=1S/C11H22N2O4/c1-12(2)8-5-3-4-6-10(14)13(17)9-7-11(15)16/h17H,3-9H2,1-2H3,(H,15,16). The van der Waals surface area contributed by atoms with Gasteiger partial charge in [-0.05, 0) is 33.5 Å². The fourth-order valence-corrected chi connectivity index (χ4v) is 1.34. The summed E-state index contributed by atoms with van der Waals surface area (Å²) in [7, 11) is 3.99. The average molecular weight is 246 g/mol. The van der Waals surface area contributed by atoms with Gasteiger partial charge < -0.3 is 10.0 Å². The molecule has 0 aliphatic carbocycles. The predicted molar refractivity (Wildman–Crippen MR) is 62.8 cm³/mol. The zero-order chi connectivity index (χ0) is 13.3. The number of carboxylic acid groups (broad SMARTS) is 1. The second kappa shape index (κ2) is 8.95. The van der Waals surface area contributed by atoms with Gasteiger partial charge in [-0.25, -0.2) is 5.06 Å². The van der Waals surface area contributed by atoms with Crippen LogP contribution in [0.3, 0.4) is 0 Å². The van der Waals surface area contributed by atoms with Crippen molar-refractivity contribution in [3.8, 4) is 0 Å². The van der Waals surface area contributed by atoms with Gasteiger partial charge >= 0.3 is 5.97 Å². The zero-order valence-electron chi connectivity index (χ0n) is 10.6. The van der Waals surface area contributed by atoms with Crippen LogP contribution in [0.4, 0.5) is 0 Å². The molecular formula is C11H22N2O4. The Bertz CT molecular complexity index is 244. The Hall–Kier alpha value is -1.14. The number of carbonyl (C=O) groups is 2. The first kappa shape index (κ1) is 15.9. The van der Waals surface area contributed by atoms with Gasteiger partial charge in [0.05, 0.1) is 13.0 Å². The van der Waals surface area contributed by atoms with Gasteiger partial charge in [-0.15, -0.1) is 0 Å². The number of carbonyl (C=O) groups excluding carboxylic acids is 1. The highest BCUT2D eigenvalue weighted by Crippen LogP contribution is 2.03. The van der Waals surface area contributed by atoms with E-state index in [2.05, 4.69) is 4.90 Å². The van der Waals surface area contributed by atoms with Crippen LogP contribution in [-0.4, -0.2) is 59.3 Å². The summed E-state index contributed by atoms with van der Waals surface area (Å²) in [6.45, 7) is 0.835. The van der Waals surface area contributed by atoms with Crippen molar-refractivity contribution in [2.75, 3.05) is 27.2 Å². The fraction of sp³-hybridized carbons (Fsp3) is 0.818. The van der Waals surface area contributed by atoms with Gasteiger partial charge in [0.2, 0.25) is 5.91 Å². The molecule has 0 unspecified atom stereocenters. The molecule has 1 amide bonds. The van der Waals surface area contributed by atoms with Crippen molar-refractivity contribution >= 4 is 11.9 Å². The van der Waals surface area contributed by atoms with Crippen LogP contribution in [-0.2, 0) is 9.59 Å². The summed E-state index contributed by atoms with van der Waals surface area (Å²) in [5, 5.41) is 18.1. The molecule has 0 spiro atoms. The van der Waals surface area contributed by atoms with Crippen LogP contribution >= 0.6 is 0 Å².